The number of carbonyl (C=O) groups excluding carboxylic acids is 2. The topological polar surface area (TPSA) is 102 Å². The SMILES string of the molecule is CCOc1cc(NC(=O)[C@@H](C=O)C(C)CC)ccc1S(=O)(=O)N(C)c1cccc(OC(F)(P)I)c1. The van der Waals surface area contributed by atoms with Crippen LogP contribution in [0, 0.1) is 11.8 Å². The van der Waals surface area contributed by atoms with Crippen molar-refractivity contribution in [2.24, 2.45) is 11.8 Å². The average Bonchev–Trinajstić information content (AvgIpc) is 2.78. The van der Waals surface area contributed by atoms with Crippen LogP contribution in [0.5, 0.6) is 11.5 Å². The standard InChI is InChI=1S/C23H29FIN2O6PS/c1-5-15(3)19(14-28)22(29)26-16-10-11-21(20(12-16)32-6-2)35(30,31)27(4)17-8-7-9-18(13-17)33-23(24,25)34/h7-15,19H,5-6,34H2,1-4H3,(H,26,29)/t15?,19-,23?/m0/s1. The first kappa shape index (κ1) is 29.3. The first-order valence-corrected chi connectivity index (χ1v) is 13.9. The Kier molecular flexibility index (Phi) is 10.3. The van der Waals surface area contributed by atoms with E-state index in [1.54, 1.807) is 19.1 Å². The molecule has 0 aliphatic heterocycles. The first-order chi connectivity index (χ1) is 16.3. The lowest BCUT2D eigenvalue weighted by molar-refractivity contribution is -0.126. The maximum Gasteiger partial charge on any atom is 0.309 e. The molecule has 0 bridgehead atoms. The molecule has 0 aliphatic carbocycles. The number of aldehydes is 1. The average molecular weight is 638 g/mol. The lowest BCUT2D eigenvalue weighted by Crippen LogP contribution is -2.29. The van der Waals surface area contributed by atoms with E-state index in [1.807, 2.05) is 23.1 Å². The maximum atomic E-state index is 13.8. The number of hydrogen-bond donors (Lipinski definition) is 1. The van der Waals surface area contributed by atoms with Gasteiger partial charge in [0.1, 0.15) is 22.7 Å². The number of amides is 1. The third-order valence-corrected chi connectivity index (χ3v) is 7.45. The van der Waals surface area contributed by atoms with Crippen LogP contribution in [-0.2, 0) is 19.6 Å². The summed E-state index contributed by atoms with van der Waals surface area (Å²) in [5.41, 5.74) is 0.544. The van der Waals surface area contributed by atoms with Crippen molar-refractivity contribution in [3.05, 3.63) is 42.5 Å². The van der Waals surface area contributed by atoms with E-state index >= 15 is 0 Å². The number of alkyl halides is 2. The van der Waals surface area contributed by atoms with Gasteiger partial charge in [-0.05, 0) is 46.3 Å². The minimum Gasteiger partial charge on any atom is -0.492 e. The Morgan fingerprint density at radius 2 is 1.97 bits per heavy atom. The molecule has 1 N–H and O–H groups in total. The normalized spacial score (nSPS) is 14.8. The highest BCUT2D eigenvalue weighted by atomic mass is 127. The Morgan fingerprint density at radius 3 is 2.54 bits per heavy atom. The highest BCUT2D eigenvalue weighted by Crippen LogP contribution is 2.36. The van der Waals surface area contributed by atoms with Crippen molar-refractivity contribution in [1.82, 2.24) is 0 Å². The summed E-state index contributed by atoms with van der Waals surface area (Å²) in [6, 6.07) is 10.2. The summed E-state index contributed by atoms with van der Waals surface area (Å²) in [5, 5.41) is 2.66. The molecule has 0 radical (unpaired) electrons. The summed E-state index contributed by atoms with van der Waals surface area (Å²) in [6.45, 7) is 5.58. The highest BCUT2D eigenvalue weighted by Gasteiger charge is 2.28. The zero-order valence-corrected chi connectivity index (χ0v) is 24.0. The molecule has 0 spiro atoms. The lowest BCUT2D eigenvalue weighted by atomic mass is 9.92. The van der Waals surface area contributed by atoms with E-state index in [0.29, 0.717) is 18.4 Å². The predicted molar refractivity (Wildman–Crippen MR) is 145 cm³/mol. The second-order valence-electron chi connectivity index (χ2n) is 7.76. The van der Waals surface area contributed by atoms with Crippen LogP contribution in [0.15, 0.2) is 47.4 Å². The van der Waals surface area contributed by atoms with Crippen molar-refractivity contribution < 1.29 is 31.9 Å². The van der Waals surface area contributed by atoms with Crippen molar-refractivity contribution >= 4 is 65.4 Å². The molecule has 0 saturated carbocycles. The fourth-order valence-electron chi connectivity index (χ4n) is 3.19. The van der Waals surface area contributed by atoms with Crippen molar-refractivity contribution in [3.8, 4) is 11.5 Å². The van der Waals surface area contributed by atoms with Crippen LogP contribution in [0.4, 0.5) is 15.8 Å². The molecule has 2 aromatic rings. The molecular formula is C23H29FIN2O6PS. The summed E-state index contributed by atoms with van der Waals surface area (Å²) >= 11 is 1.45. The number of halogens is 2. The van der Waals surface area contributed by atoms with Crippen molar-refractivity contribution in [2.75, 3.05) is 23.3 Å². The van der Waals surface area contributed by atoms with E-state index in [-0.39, 0.29) is 34.6 Å². The summed E-state index contributed by atoms with van der Waals surface area (Å²) in [4.78, 5) is 23.8. The van der Waals surface area contributed by atoms with Gasteiger partial charge in [-0.15, -0.1) is 0 Å². The molecule has 0 fully saturated rings. The number of hydrogen-bond acceptors (Lipinski definition) is 6. The number of sulfonamides is 1. The van der Waals surface area contributed by atoms with E-state index in [2.05, 4.69) is 5.32 Å². The number of anilines is 2. The maximum absolute atomic E-state index is 13.8. The number of benzene rings is 2. The lowest BCUT2D eigenvalue weighted by Gasteiger charge is -2.23. The van der Waals surface area contributed by atoms with E-state index in [9.17, 15) is 22.4 Å². The summed E-state index contributed by atoms with van der Waals surface area (Å²) < 4.78 is 50.4. The van der Waals surface area contributed by atoms with Crippen LogP contribution >= 0.6 is 31.8 Å². The molecule has 0 saturated heterocycles. The van der Waals surface area contributed by atoms with Crippen molar-refractivity contribution in [3.63, 3.8) is 0 Å². The smallest absolute Gasteiger partial charge is 0.309 e. The van der Waals surface area contributed by atoms with E-state index in [0.717, 1.165) is 4.31 Å². The molecular weight excluding hydrogens is 609 g/mol. The van der Waals surface area contributed by atoms with Gasteiger partial charge in [-0.2, -0.15) is 4.39 Å². The van der Waals surface area contributed by atoms with Gasteiger partial charge in [0, 0.05) is 47.5 Å². The van der Waals surface area contributed by atoms with Crippen LogP contribution in [0.2, 0.25) is 0 Å². The molecule has 35 heavy (non-hydrogen) atoms. The molecule has 12 heteroatoms. The van der Waals surface area contributed by atoms with Gasteiger partial charge in [-0.25, -0.2) is 8.42 Å². The minimum atomic E-state index is -4.11. The Bertz CT molecular complexity index is 1160. The highest BCUT2D eigenvalue weighted by molar-refractivity contribution is 14.1. The zero-order chi connectivity index (χ0) is 26.4. The second-order valence-corrected chi connectivity index (χ2v) is 13.1. The second kappa shape index (κ2) is 12.3. The van der Waals surface area contributed by atoms with Crippen LogP contribution in [0.3, 0.4) is 0 Å². The Hall–Kier alpha value is -1.98. The van der Waals surface area contributed by atoms with Gasteiger partial charge in [0.15, 0.2) is 0 Å². The monoisotopic (exact) mass is 638 g/mol. The molecule has 0 aromatic heterocycles. The van der Waals surface area contributed by atoms with Gasteiger partial charge in [-0.3, -0.25) is 9.10 Å². The summed E-state index contributed by atoms with van der Waals surface area (Å²) in [7, 11) is -0.853. The van der Waals surface area contributed by atoms with Gasteiger partial charge in [-0.1, -0.05) is 26.3 Å². The fourth-order valence-corrected chi connectivity index (χ4v) is 4.88. The van der Waals surface area contributed by atoms with Crippen molar-refractivity contribution in [2.45, 2.75) is 35.7 Å². The number of nitrogens with zero attached hydrogens (tertiary/aromatic N) is 1. The van der Waals surface area contributed by atoms with Crippen molar-refractivity contribution in [1.29, 1.82) is 0 Å². The van der Waals surface area contributed by atoms with Gasteiger partial charge in [0.05, 0.1) is 18.2 Å². The number of nitrogens with one attached hydrogen (secondary N) is 1. The zero-order valence-electron chi connectivity index (χ0n) is 19.8. The van der Waals surface area contributed by atoms with E-state index < -0.39 is 25.5 Å². The fraction of sp³-hybridized carbons (Fsp3) is 0.391. The molecule has 192 valence electrons. The molecule has 0 aliphatic rings. The molecule has 4 atom stereocenters. The third kappa shape index (κ3) is 7.75. The van der Waals surface area contributed by atoms with Crippen LogP contribution in [0.1, 0.15) is 27.2 Å². The third-order valence-electron chi connectivity index (χ3n) is 5.29. The van der Waals surface area contributed by atoms with Crippen LogP contribution in [-0.4, -0.2) is 37.9 Å². The Labute approximate surface area is 221 Å². The largest absolute Gasteiger partial charge is 0.492 e. The van der Waals surface area contributed by atoms with Gasteiger partial charge < -0.3 is 19.6 Å². The number of carbonyl (C=O) groups is 2. The van der Waals surface area contributed by atoms with Crippen LogP contribution < -0.4 is 19.1 Å². The van der Waals surface area contributed by atoms with E-state index in [4.69, 9.17) is 9.47 Å². The van der Waals surface area contributed by atoms with Gasteiger partial charge in [0.25, 0.3) is 10.0 Å². The number of rotatable bonds is 12. The summed E-state index contributed by atoms with van der Waals surface area (Å²) in [5.74, 6) is -1.27. The molecule has 1 amide bonds. The number of ether oxygens (including phenoxy) is 2. The van der Waals surface area contributed by atoms with Gasteiger partial charge >= 0.3 is 3.60 Å². The quantitative estimate of drug-likeness (QED) is 0.116. The van der Waals surface area contributed by atoms with E-state index in [1.165, 1.54) is 60.0 Å². The molecule has 0 heterocycles. The molecule has 8 nitrogen and oxygen atoms in total. The first-order valence-electron chi connectivity index (χ1n) is 10.8. The summed E-state index contributed by atoms with van der Waals surface area (Å²) in [6.07, 6.45) is 1.26. The molecule has 3 unspecified atom stereocenters. The predicted octanol–water partition coefficient (Wildman–Crippen LogP) is 4.98. The van der Waals surface area contributed by atoms with Crippen LogP contribution in [0.25, 0.3) is 0 Å². The molecule has 2 rings (SSSR count). The Morgan fingerprint density at radius 1 is 1.29 bits per heavy atom. The molecule has 2 aromatic carbocycles. The Balaban J connectivity index is 2.39. The minimum absolute atomic E-state index is 0.0377. The van der Waals surface area contributed by atoms with Gasteiger partial charge in [0.2, 0.25) is 5.91 Å².